The molecule has 0 fully saturated rings. The summed E-state index contributed by atoms with van der Waals surface area (Å²) in [5.41, 5.74) is 12.3. The lowest BCUT2D eigenvalue weighted by molar-refractivity contribution is 0.867. The summed E-state index contributed by atoms with van der Waals surface area (Å²) in [7, 11) is 0. The number of fused-ring (bicyclic) bond motifs is 1. The smallest absolute Gasteiger partial charge is 0.137 e. The van der Waals surface area contributed by atoms with Gasteiger partial charge in [-0.1, -0.05) is 56.4 Å². The maximum atomic E-state index is 5.81. The van der Waals surface area contributed by atoms with Crippen molar-refractivity contribution in [3.63, 3.8) is 0 Å². The number of nitrogens with two attached hydrogens (primary N) is 1. The van der Waals surface area contributed by atoms with Crippen molar-refractivity contribution < 1.29 is 0 Å². The Bertz CT molecular complexity index is 860. The maximum Gasteiger partial charge on any atom is 0.137 e. The van der Waals surface area contributed by atoms with Gasteiger partial charge in [0.1, 0.15) is 5.65 Å². The van der Waals surface area contributed by atoms with Gasteiger partial charge < -0.3 is 10.1 Å². The van der Waals surface area contributed by atoms with Crippen LogP contribution in [0.2, 0.25) is 0 Å². The van der Waals surface area contributed by atoms with Gasteiger partial charge in [0.25, 0.3) is 0 Å². The summed E-state index contributed by atoms with van der Waals surface area (Å²) in [5.74, 6) is 0.517. The third-order valence-corrected chi connectivity index (χ3v) is 4.20. The van der Waals surface area contributed by atoms with Crippen molar-refractivity contribution in [1.82, 2.24) is 9.38 Å². The first-order valence-corrected chi connectivity index (χ1v) is 8.22. The summed E-state index contributed by atoms with van der Waals surface area (Å²) in [5, 5.41) is 0. The molecule has 3 aromatic rings. The summed E-state index contributed by atoms with van der Waals surface area (Å²) < 4.78 is 2.10. The zero-order chi connectivity index (χ0) is 16.6. The zero-order valence-corrected chi connectivity index (χ0v) is 14.5. The van der Waals surface area contributed by atoms with Crippen LogP contribution >= 0.6 is 12.2 Å². The van der Waals surface area contributed by atoms with E-state index in [2.05, 4.69) is 61.7 Å². The first-order valence-electron chi connectivity index (χ1n) is 7.82. The molecule has 118 valence electrons. The zero-order valence-electron chi connectivity index (χ0n) is 13.7. The van der Waals surface area contributed by atoms with E-state index in [0.29, 0.717) is 17.3 Å². The molecule has 0 atom stereocenters. The van der Waals surface area contributed by atoms with Crippen LogP contribution < -0.4 is 5.73 Å². The largest absolute Gasteiger partial charge is 0.393 e. The fraction of sp³-hybridized carbons (Fsp3) is 0.263. The van der Waals surface area contributed by atoms with Crippen molar-refractivity contribution in [3.05, 3.63) is 59.4 Å². The number of aromatic nitrogens is 2. The van der Waals surface area contributed by atoms with E-state index in [1.165, 1.54) is 11.1 Å². The molecule has 0 aliphatic rings. The Labute approximate surface area is 142 Å². The number of thiocarbonyl (C=S) groups is 1. The summed E-state index contributed by atoms with van der Waals surface area (Å²) in [6, 6.07) is 12.7. The third kappa shape index (κ3) is 3.13. The molecule has 2 N–H and O–H groups in total. The summed E-state index contributed by atoms with van der Waals surface area (Å²) in [4.78, 5) is 5.28. The number of rotatable bonds is 4. The predicted octanol–water partition coefficient (Wildman–Crippen LogP) is 4.26. The quantitative estimate of drug-likeness (QED) is 0.730. The lowest BCUT2D eigenvalue weighted by Gasteiger charge is -2.08. The van der Waals surface area contributed by atoms with Crippen LogP contribution in [0.5, 0.6) is 0 Å². The van der Waals surface area contributed by atoms with Crippen LogP contribution in [-0.2, 0) is 6.42 Å². The standard InChI is InChI=1S/C19H21N3S/c1-12(2)14-5-7-15(8-6-14)19-16(10-17(20)23)22-11-13(3)4-9-18(22)21-19/h4-9,11-12H,10H2,1-3H3,(H2,20,23). The minimum atomic E-state index is 0.480. The molecule has 0 radical (unpaired) electrons. The molecule has 0 aliphatic carbocycles. The van der Waals surface area contributed by atoms with E-state index >= 15 is 0 Å². The number of imidazole rings is 1. The van der Waals surface area contributed by atoms with Crippen LogP contribution in [-0.4, -0.2) is 14.4 Å². The van der Waals surface area contributed by atoms with Crippen molar-refractivity contribution in [3.8, 4) is 11.3 Å². The van der Waals surface area contributed by atoms with Gasteiger partial charge in [-0.25, -0.2) is 4.98 Å². The van der Waals surface area contributed by atoms with E-state index in [4.69, 9.17) is 22.9 Å². The Balaban J connectivity index is 2.17. The molecule has 2 heterocycles. The highest BCUT2D eigenvalue weighted by Crippen LogP contribution is 2.27. The Morgan fingerprint density at radius 2 is 1.87 bits per heavy atom. The first kappa shape index (κ1) is 15.7. The van der Waals surface area contributed by atoms with Gasteiger partial charge in [-0.15, -0.1) is 0 Å². The summed E-state index contributed by atoms with van der Waals surface area (Å²) in [6.45, 7) is 6.46. The second kappa shape index (κ2) is 6.13. The van der Waals surface area contributed by atoms with Gasteiger partial charge in [0.15, 0.2) is 0 Å². The van der Waals surface area contributed by atoms with Crippen molar-refractivity contribution in [2.75, 3.05) is 0 Å². The van der Waals surface area contributed by atoms with Crippen LogP contribution in [0.25, 0.3) is 16.9 Å². The monoisotopic (exact) mass is 323 g/mol. The minimum Gasteiger partial charge on any atom is -0.393 e. The fourth-order valence-corrected chi connectivity index (χ4v) is 2.93. The Morgan fingerprint density at radius 3 is 2.48 bits per heavy atom. The molecule has 0 bridgehead atoms. The predicted molar refractivity (Wildman–Crippen MR) is 99.9 cm³/mol. The van der Waals surface area contributed by atoms with E-state index < -0.39 is 0 Å². The van der Waals surface area contributed by atoms with Crippen LogP contribution in [0, 0.1) is 6.92 Å². The lowest BCUT2D eigenvalue weighted by Crippen LogP contribution is -2.13. The number of pyridine rings is 1. The second-order valence-electron chi connectivity index (χ2n) is 6.26. The molecule has 0 saturated heterocycles. The molecule has 0 amide bonds. The number of aryl methyl sites for hydroxylation is 1. The molecule has 0 unspecified atom stereocenters. The molecule has 0 aliphatic heterocycles. The molecular formula is C19H21N3S. The number of hydrogen-bond donors (Lipinski definition) is 1. The van der Waals surface area contributed by atoms with Crippen LogP contribution in [0.15, 0.2) is 42.6 Å². The highest BCUT2D eigenvalue weighted by molar-refractivity contribution is 7.80. The van der Waals surface area contributed by atoms with E-state index in [0.717, 1.165) is 22.6 Å². The van der Waals surface area contributed by atoms with Crippen molar-refractivity contribution in [2.45, 2.75) is 33.1 Å². The molecule has 2 aromatic heterocycles. The van der Waals surface area contributed by atoms with Crippen LogP contribution in [0.4, 0.5) is 0 Å². The van der Waals surface area contributed by atoms with Gasteiger partial charge in [0, 0.05) is 18.2 Å². The Hall–Kier alpha value is -2.20. The van der Waals surface area contributed by atoms with Gasteiger partial charge in [-0.05, 0) is 30.0 Å². The van der Waals surface area contributed by atoms with E-state index in [-0.39, 0.29) is 0 Å². The average Bonchev–Trinajstić information content (AvgIpc) is 2.85. The second-order valence-corrected chi connectivity index (χ2v) is 6.79. The van der Waals surface area contributed by atoms with E-state index in [9.17, 15) is 0 Å². The molecule has 3 rings (SSSR count). The molecule has 23 heavy (non-hydrogen) atoms. The van der Waals surface area contributed by atoms with E-state index in [1.807, 2.05) is 6.07 Å². The fourth-order valence-electron chi connectivity index (χ4n) is 2.79. The van der Waals surface area contributed by atoms with Crippen molar-refractivity contribution in [1.29, 1.82) is 0 Å². The number of benzene rings is 1. The highest BCUT2D eigenvalue weighted by atomic mass is 32.1. The van der Waals surface area contributed by atoms with Gasteiger partial charge >= 0.3 is 0 Å². The number of hydrogen-bond acceptors (Lipinski definition) is 2. The highest BCUT2D eigenvalue weighted by Gasteiger charge is 2.15. The van der Waals surface area contributed by atoms with Crippen molar-refractivity contribution in [2.24, 2.45) is 5.73 Å². The maximum absolute atomic E-state index is 5.81. The molecule has 4 heteroatoms. The molecular weight excluding hydrogens is 302 g/mol. The van der Waals surface area contributed by atoms with Crippen LogP contribution in [0.3, 0.4) is 0 Å². The molecule has 0 spiro atoms. The Kier molecular flexibility index (Phi) is 4.18. The van der Waals surface area contributed by atoms with Gasteiger partial charge in [-0.2, -0.15) is 0 Å². The molecule has 1 aromatic carbocycles. The SMILES string of the molecule is Cc1ccc2nc(-c3ccc(C(C)C)cc3)c(CC(N)=S)n2c1. The molecule has 3 nitrogen and oxygen atoms in total. The van der Waals surface area contributed by atoms with Crippen molar-refractivity contribution >= 4 is 22.9 Å². The summed E-state index contributed by atoms with van der Waals surface area (Å²) >= 11 is 5.14. The lowest BCUT2D eigenvalue weighted by atomic mass is 10.00. The average molecular weight is 323 g/mol. The number of nitrogens with zero attached hydrogens (tertiary/aromatic N) is 2. The van der Waals surface area contributed by atoms with Gasteiger partial charge in [0.2, 0.25) is 0 Å². The first-order chi connectivity index (χ1) is 11.0. The normalized spacial score (nSPS) is 11.3. The summed E-state index contributed by atoms with van der Waals surface area (Å²) in [6.07, 6.45) is 2.63. The Morgan fingerprint density at radius 1 is 1.17 bits per heavy atom. The van der Waals surface area contributed by atoms with Crippen LogP contribution in [0.1, 0.15) is 36.6 Å². The third-order valence-electron chi connectivity index (χ3n) is 4.06. The van der Waals surface area contributed by atoms with E-state index in [1.54, 1.807) is 0 Å². The molecule has 0 saturated carbocycles. The van der Waals surface area contributed by atoms with Gasteiger partial charge in [-0.3, -0.25) is 0 Å². The topological polar surface area (TPSA) is 43.3 Å². The minimum absolute atomic E-state index is 0.480. The van der Waals surface area contributed by atoms with Gasteiger partial charge in [0.05, 0.1) is 16.4 Å².